The number of nitrogens with two attached hydrogens (primary N) is 1. The largest absolute Gasteiger partial charge is 0.326 e. The summed E-state index contributed by atoms with van der Waals surface area (Å²) in [6.07, 6.45) is 0. The van der Waals surface area contributed by atoms with Crippen LogP contribution in [0.5, 0.6) is 0 Å². The highest BCUT2D eigenvalue weighted by atomic mass is 32.2. The van der Waals surface area contributed by atoms with Gasteiger partial charge in [0.2, 0.25) is 10.0 Å². The summed E-state index contributed by atoms with van der Waals surface area (Å²) in [5.41, 5.74) is 6.36. The van der Waals surface area contributed by atoms with Crippen molar-refractivity contribution in [3.63, 3.8) is 0 Å². The van der Waals surface area contributed by atoms with Crippen molar-refractivity contribution < 1.29 is 12.8 Å². The molecular formula is C11H17FN2O2S. The zero-order valence-electron chi connectivity index (χ0n) is 9.90. The van der Waals surface area contributed by atoms with Gasteiger partial charge >= 0.3 is 0 Å². The zero-order valence-corrected chi connectivity index (χ0v) is 10.7. The first kappa shape index (κ1) is 14.1. The molecule has 0 unspecified atom stereocenters. The molecule has 1 rings (SSSR count). The van der Waals surface area contributed by atoms with Crippen LogP contribution in [0.4, 0.5) is 4.39 Å². The second kappa shape index (κ2) is 5.57. The van der Waals surface area contributed by atoms with E-state index in [1.165, 1.54) is 6.07 Å². The maximum absolute atomic E-state index is 13.5. The summed E-state index contributed by atoms with van der Waals surface area (Å²) in [5.74, 6) is -0.445. The maximum Gasteiger partial charge on any atom is 0.214 e. The Morgan fingerprint density at radius 1 is 1.41 bits per heavy atom. The van der Waals surface area contributed by atoms with Crippen molar-refractivity contribution in [2.75, 3.05) is 0 Å². The van der Waals surface area contributed by atoms with E-state index in [2.05, 4.69) is 4.72 Å². The summed E-state index contributed by atoms with van der Waals surface area (Å²) >= 11 is 0. The molecule has 0 saturated heterocycles. The van der Waals surface area contributed by atoms with Crippen LogP contribution >= 0.6 is 0 Å². The van der Waals surface area contributed by atoms with Crippen LogP contribution in [0, 0.1) is 5.82 Å². The van der Waals surface area contributed by atoms with Gasteiger partial charge in [-0.25, -0.2) is 17.5 Å². The number of hydrogen-bond donors (Lipinski definition) is 2. The summed E-state index contributed by atoms with van der Waals surface area (Å²) in [6, 6.07) is 4.54. The smallest absolute Gasteiger partial charge is 0.214 e. The highest BCUT2D eigenvalue weighted by Crippen LogP contribution is 2.11. The van der Waals surface area contributed by atoms with E-state index >= 15 is 0 Å². The average Bonchev–Trinajstić information content (AvgIpc) is 2.27. The first-order valence-corrected chi connectivity index (χ1v) is 6.87. The van der Waals surface area contributed by atoms with Crippen molar-refractivity contribution in [3.05, 3.63) is 35.1 Å². The number of benzene rings is 1. The van der Waals surface area contributed by atoms with E-state index in [-0.39, 0.29) is 13.1 Å². The van der Waals surface area contributed by atoms with E-state index in [0.29, 0.717) is 11.1 Å². The molecule has 0 aromatic heterocycles. The van der Waals surface area contributed by atoms with Gasteiger partial charge in [-0.2, -0.15) is 0 Å². The van der Waals surface area contributed by atoms with Crippen molar-refractivity contribution >= 4 is 10.0 Å². The molecule has 0 bridgehead atoms. The average molecular weight is 260 g/mol. The quantitative estimate of drug-likeness (QED) is 0.833. The predicted molar refractivity (Wildman–Crippen MR) is 65.2 cm³/mol. The van der Waals surface area contributed by atoms with Crippen LogP contribution in [-0.4, -0.2) is 13.7 Å². The topological polar surface area (TPSA) is 72.2 Å². The van der Waals surface area contributed by atoms with Crippen LogP contribution in [0.1, 0.15) is 25.0 Å². The molecule has 1 aromatic rings. The number of sulfonamides is 1. The Labute approximate surface area is 101 Å². The lowest BCUT2D eigenvalue weighted by Crippen LogP contribution is -2.30. The van der Waals surface area contributed by atoms with E-state index in [4.69, 9.17) is 5.73 Å². The molecule has 0 atom stereocenters. The SMILES string of the molecule is CC(C)S(=O)(=O)NCc1ccc(CN)cc1F. The van der Waals surface area contributed by atoms with Gasteiger partial charge < -0.3 is 5.73 Å². The second-order valence-electron chi connectivity index (χ2n) is 4.04. The normalized spacial score (nSPS) is 12.1. The van der Waals surface area contributed by atoms with Gasteiger partial charge in [0, 0.05) is 18.7 Å². The zero-order chi connectivity index (χ0) is 13.1. The first-order valence-electron chi connectivity index (χ1n) is 5.32. The third kappa shape index (κ3) is 3.76. The van der Waals surface area contributed by atoms with Crippen LogP contribution < -0.4 is 10.5 Å². The Hall–Kier alpha value is -0.980. The van der Waals surface area contributed by atoms with Crippen molar-refractivity contribution in [2.45, 2.75) is 32.2 Å². The molecule has 1 aromatic carbocycles. The lowest BCUT2D eigenvalue weighted by atomic mass is 10.1. The van der Waals surface area contributed by atoms with Gasteiger partial charge in [0.25, 0.3) is 0 Å². The molecule has 0 aliphatic carbocycles. The molecule has 0 amide bonds. The minimum Gasteiger partial charge on any atom is -0.326 e. The van der Waals surface area contributed by atoms with Gasteiger partial charge in [-0.15, -0.1) is 0 Å². The van der Waals surface area contributed by atoms with E-state index in [9.17, 15) is 12.8 Å². The number of rotatable bonds is 5. The van der Waals surface area contributed by atoms with Crippen LogP contribution in [0.2, 0.25) is 0 Å². The summed E-state index contributed by atoms with van der Waals surface area (Å²) in [7, 11) is -3.37. The van der Waals surface area contributed by atoms with E-state index in [1.54, 1.807) is 26.0 Å². The molecule has 6 heteroatoms. The monoisotopic (exact) mass is 260 g/mol. The van der Waals surface area contributed by atoms with Crippen molar-refractivity contribution in [2.24, 2.45) is 5.73 Å². The molecule has 3 N–H and O–H groups in total. The fourth-order valence-electron chi connectivity index (χ4n) is 1.21. The van der Waals surface area contributed by atoms with Gasteiger partial charge in [0.15, 0.2) is 0 Å². The lowest BCUT2D eigenvalue weighted by Gasteiger charge is -2.10. The molecule has 0 spiro atoms. The van der Waals surface area contributed by atoms with Crippen molar-refractivity contribution in [1.29, 1.82) is 0 Å². The molecule has 96 valence electrons. The summed E-state index contributed by atoms with van der Waals surface area (Å²) in [4.78, 5) is 0. The van der Waals surface area contributed by atoms with Crippen LogP contribution in [0.3, 0.4) is 0 Å². The number of nitrogens with one attached hydrogen (secondary N) is 1. The third-order valence-corrected chi connectivity index (χ3v) is 4.23. The van der Waals surface area contributed by atoms with Crippen LogP contribution in [-0.2, 0) is 23.1 Å². The van der Waals surface area contributed by atoms with Gasteiger partial charge in [-0.1, -0.05) is 12.1 Å². The molecule has 17 heavy (non-hydrogen) atoms. The van der Waals surface area contributed by atoms with Gasteiger partial charge in [0.1, 0.15) is 5.82 Å². The predicted octanol–water partition coefficient (Wildman–Crippen LogP) is 1.11. The highest BCUT2D eigenvalue weighted by Gasteiger charge is 2.15. The molecule has 0 fully saturated rings. The molecule has 0 aliphatic rings. The summed E-state index contributed by atoms with van der Waals surface area (Å²) in [6.45, 7) is 3.35. The Bertz CT molecular complexity index is 486. The van der Waals surface area contributed by atoms with Crippen molar-refractivity contribution in [1.82, 2.24) is 4.72 Å². The van der Waals surface area contributed by atoms with Crippen LogP contribution in [0.25, 0.3) is 0 Å². The third-order valence-electron chi connectivity index (χ3n) is 2.44. The minimum atomic E-state index is -3.37. The van der Waals surface area contributed by atoms with Gasteiger partial charge in [-0.3, -0.25) is 0 Å². The molecule has 0 heterocycles. The van der Waals surface area contributed by atoms with E-state index < -0.39 is 21.1 Å². The minimum absolute atomic E-state index is 0.0444. The number of halogens is 1. The Balaban J connectivity index is 2.77. The molecular weight excluding hydrogens is 243 g/mol. The van der Waals surface area contributed by atoms with Crippen molar-refractivity contribution in [3.8, 4) is 0 Å². The molecule has 4 nitrogen and oxygen atoms in total. The Kier molecular flexibility index (Phi) is 4.62. The maximum atomic E-state index is 13.5. The number of hydrogen-bond acceptors (Lipinski definition) is 3. The van der Waals surface area contributed by atoms with Gasteiger partial charge in [-0.05, 0) is 25.5 Å². The molecule has 0 aliphatic heterocycles. The molecule has 0 radical (unpaired) electrons. The Morgan fingerprint density at radius 3 is 2.53 bits per heavy atom. The fourth-order valence-corrected chi connectivity index (χ4v) is 1.90. The van der Waals surface area contributed by atoms with E-state index in [1.807, 2.05) is 0 Å². The fraction of sp³-hybridized carbons (Fsp3) is 0.455. The molecule has 0 saturated carbocycles. The summed E-state index contributed by atoms with van der Waals surface area (Å²) in [5, 5.41) is -0.533. The lowest BCUT2D eigenvalue weighted by molar-refractivity contribution is 0.566. The standard InChI is InChI=1S/C11H17FN2O2S/c1-8(2)17(15,16)14-7-10-4-3-9(6-13)5-11(10)12/h3-5,8,14H,6-7,13H2,1-2H3. The van der Waals surface area contributed by atoms with Gasteiger partial charge in [0.05, 0.1) is 5.25 Å². The second-order valence-corrected chi connectivity index (χ2v) is 6.37. The highest BCUT2D eigenvalue weighted by molar-refractivity contribution is 7.90. The summed E-state index contributed by atoms with van der Waals surface area (Å²) < 4.78 is 38.8. The first-order chi connectivity index (χ1) is 7.86. The van der Waals surface area contributed by atoms with E-state index in [0.717, 1.165) is 0 Å². The Morgan fingerprint density at radius 2 is 2.06 bits per heavy atom. The van der Waals surface area contributed by atoms with Crippen LogP contribution in [0.15, 0.2) is 18.2 Å².